The molecule has 230 valence electrons. The van der Waals surface area contributed by atoms with Crippen molar-refractivity contribution in [2.45, 2.75) is 51.5 Å². The van der Waals surface area contributed by atoms with Gasteiger partial charge in [0.15, 0.2) is 5.69 Å². The second-order valence-electron chi connectivity index (χ2n) is 10.9. The Morgan fingerprint density at radius 1 is 1.09 bits per heavy atom. The molecule has 0 spiro atoms. The van der Waals surface area contributed by atoms with Gasteiger partial charge in [0.1, 0.15) is 5.82 Å². The minimum atomic E-state index is -4.85. The van der Waals surface area contributed by atoms with Crippen LogP contribution in [-0.4, -0.2) is 61.2 Å². The van der Waals surface area contributed by atoms with E-state index in [1.54, 1.807) is 35.2 Å². The Balaban J connectivity index is 1.15. The monoisotopic (exact) mass is 601 g/mol. The fourth-order valence-corrected chi connectivity index (χ4v) is 5.36. The quantitative estimate of drug-likeness (QED) is 0.333. The summed E-state index contributed by atoms with van der Waals surface area (Å²) in [4.78, 5) is 36.4. The van der Waals surface area contributed by atoms with Gasteiger partial charge in [0.25, 0.3) is 11.9 Å². The summed E-state index contributed by atoms with van der Waals surface area (Å²) in [5.41, 5.74) is 0.250. The predicted octanol–water partition coefficient (Wildman–Crippen LogP) is 5.55. The van der Waals surface area contributed by atoms with E-state index < -0.39 is 29.5 Å². The number of aromatic nitrogens is 2. The Kier molecular flexibility index (Phi) is 9.19. The van der Waals surface area contributed by atoms with Crippen molar-refractivity contribution < 1.29 is 36.7 Å². The van der Waals surface area contributed by atoms with E-state index in [0.29, 0.717) is 44.2 Å². The number of anilines is 3. The lowest BCUT2D eigenvalue weighted by molar-refractivity contribution is -0.141. The molecular formula is C30H34F3N5O5. The maximum absolute atomic E-state index is 13.7. The maximum Gasteiger partial charge on any atom is 0.437 e. The maximum atomic E-state index is 13.7. The molecule has 43 heavy (non-hydrogen) atoms. The van der Waals surface area contributed by atoms with Gasteiger partial charge in [0.05, 0.1) is 37.3 Å². The van der Waals surface area contributed by atoms with Crippen LogP contribution in [0.3, 0.4) is 0 Å². The van der Waals surface area contributed by atoms with Gasteiger partial charge in [-0.25, -0.2) is 9.78 Å². The summed E-state index contributed by atoms with van der Waals surface area (Å²) in [5, 5.41) is 2.46. The van der Waals surface area contributed by atoms with Gasteiger partial charge in [-0.1, -0.05) is 19.1 Å². The van der Waals surface area contributed by atoms with E-state index in [1.807, 2.05) is 13.0 Å². The molecule has 2 saturated heterocycles. The number of halogens is 3. The van der Waals surface area contributed by atoms with Crippen LogP contribution in [0.4, 0.5) is 30.7 Å². The molecule has 10 nitrogen and oxygen atoms in total. The minimum absolute atomic E-state index is 0.0411. The van der Waals surface area contributed by atoms with E-state index in [1.165, 1.54) is 13.3 Å². The SMILES string of the molecule is COC(=O)c1cccc(COC2CCN(c3ccc(NC(=O)c4oc(N5CCCC(C)C5)nc4C(F)(F)F)cn3)CC2)c1. The number of hydrogen-bond acceptors (Lipinski definition) is 9. The number of nitrogens with one attached hydrogen (secondary N) is 1. The lowest BCUT2D eigenvalue weighted by Gasteiger charge is -2.32. The number of ether oxygens (including phenoxy) is 2. The van der Waals surface area contributed by atoms with Crippen LogP contribution in [-0.2, 0) is 22.3 Å². The highest BCUT2D eigenvalue weighted by Crippen LogP contribution is 2.35. The van der Waals surface area contributed by atoms with Crippen LogP contribution in [0, 0.1) is 5.92 Å². The Bertz CT molecular complexity index is 1420. The highest BCUT2D eigenvalue weighted by molar-refractivity contribution is 6.03. The van der Waals surface area contributed by atoms with E-state index in [9.17, 15) is 22.8 Å². The fourth-order valence-electron chi connectivity index (χ4n) is 5.36. The van der Waals surface area contributed by atoms with Gasteiger partial charge in [0.2, 0.25) is 5.76 Å². The van der Waals surface area contributed by atoms with Crippen molar-refractivity contribution in [3.63, 3.8) is 0 Å². The Hall–Kier alpha value is -4.13. The van der Waals surface area contributed by atoms with E-state index >= 15 is 0 Å². The van der Waals surface area contributed by atoms with Crippen molar-refractivity contribution in [2.24, 2.45) is 5.92 Å². The number of esters is 1. The molecule has 1 N–H and O–H groups in total. The third-order valence-corrected chi connectivity index (χ3v) is 7.62. The highest BCUT2D eigenvalue weighted by Gasteiger charge is 2.42. The smallest absolute Gasteiger partial charge is 0.437 e. The Labute approximate surface area is 247 Å². The van der Waals surface area contributed by atoms with Crippen LogP contribution in [0.2, 0.25) is 0 Å². The average Bonchev–Trinajstić information content (AvgIpc) is 3.48. The van der Waals surface area contributed by atoms with Gasteiger partial charge in [-0.3, -0.25) is 4.79 Å². The predicted molar refractivity (Wildman–Crippen MR) is 152 cm³/mol. The van der Waals surface area contributed by atoms with Gasteiger partial charge in [-0.15, -0.1) is 0 Å². The van der Waals surface area contributed by atoms with Gasteiger partial charge in [-0.05, 0) is 61.4 Å². The first-order valence-corrected chi connectivity index (χ1v) is 14.2. The fraction of sp³-hybridized carbons (Fsp3) is 0.467. The molecule has 2 aromatic heterocycles. The number of carbonyl (C=O) groups excluding carboxylic acids is 2. The average molecular weight is 602 g/mol. The summed E-state index contributed by atoms with van der Waals surface area (Å²) >= 11 is 0. The molecule has 0 saturated carbocycles. The molecule has 4 heterocycles. The van der Waals surface area contributed by atoms with Gasteiger partial charge < -0.3 is 29.0 Å². The van der Waals surface area contributed by atoms with Crippen molar-refractivity contribution in [3.05, 3.63) is 65.2 Å². The Morgan fingerprint density at radius 2 is 1.88 bits per heavy atom. The highest BCUT2D eigenvalue weighted by atomic mass is 19.4. The van der Waals surface area contributed by atoms with Crippen LogP contribution in [0.1, 0.15) is 64.8 Å². The van der Waals surface area contributed by atoms with Gasteiger partial charge in [0, 0.05) is 26.2 Å². The molecule has 1 atom stereocenters. The third-order valence-electron chi connectivity index (χ3n) is 7.62. The number of methoxy groups -OCH3 is 1. The van der Waals surface area contributed by atoms with Crippen LogP contribution in [0.5, 0.6) is 0 Å². The van der Waals surface area contributed by atoms with Crippen LogP contribution in [0.15, 0.2) is 47.0 Å². The summed E-state index contributed by atoms with van der Waals surface area (Å²) in [7, 11) is 1.34. The number of benzene rings is 1. The van der Waals surface area contributed by atoms with E-state index in [2.05, 4.69) is 20.2 Å². The molecule has 2 aliphatic rings. The van der Waals surface area contributed by atoms with Crippen molar-refractivity contribution in [1.29, 1.82) is 0 Å². The zero-order valence-corrected chi connectivity index (χ0v) is 24.0. The molecule has 5 rings (SSSR count). The molecule has 0 aliphatic carbocycles. The topological polar surface area (TPSA) is 110 Å². The number of carbonyl (C=O) groups is 2. The normalized spacial score (nSPS) is 18.0. The molecule has 0 bridgehead atoms. The number of piperidine rings is 2. The molecule has 3 aromatic rings. The molecule has 1 amide bonds. The minimum Gasteiger partial charge on any atom is -0.465 e. The number of amides is 1. The van der Waals surface area contributed by atoms with E-state index in [0.717, 1.165) is 31.2 Å². The van der Waals surface area contributed by atoms with Crippen LogP contribution < -0.4 is 15.1 Å². The first kappa shape index (κ1) is 30.3. The van der Waals surface area contributed by atoms with Crippen LogP contribution >= 0.6 is 0 Å². The zero-order chi connectivity index (χ0) is 30.6. The van der Waals surface area contributed by atoms with Crippen molar-refractivity contribution >= 4 is 29.4 Å². The first-order valence-electron chi connectivity index (χ1n) is 14.2. The summed E-state index contributed by atoms with van der Waals surface area (Å²) in [5.74, 6) is -1.34. The van der Waals surface area contributed by atoms with Crippen molar-refractivity contribution in [2.75, 3.05) is 48.4 Å². The lowest BCUT2D eigenvalue weighted by atomic mass is 10.0. The number of oxazole rings is 1. The molecule has 13 heteroatoms. The third kappa shape index (κ3) is 7.45. The molecule has 2 fully saturated rings. The molecule has 0 radical (unpaired) electrons. The molecular weight excluding hydrogens is 567 g/mol. The number of hydrogen-bond donors (Lipinski definition) is 1. The number of rotatable bonds is 8. The molecule has 2 aliphatic heterocycles. The number of alkyl halides is 3. The van der Waals surface area contributed by atoms with Gasteiger partial charge >= 0.3 is 12.1 Å². The zero-order valence-electron chi connectivity index (χ0n) is 24.0. The number of nitrogens with zero attached hydrogens (tertiary/aromatic N) is 4. The van der Waals surface area contributed by atoms with Crippen molar-refractivity contribution in [3.8, 4) is 0 Å². The summed E-state index contributed by atoms with van der Waals surface area (Å²) < 4.78 is 57.4. The molecule has 1 aromatic carbocycles. The Morgan fingerprint density at radius 3 is 2.56 bits per heavy atom. The molecule has 1 unspecified atom stereocenters. The van der Waals surface area contributed by atoms with E-state index in [-0.39, 0.29) is 23.7 Å². The summed E-state index contributed by atoms with van der Waals surface area (Å²) in [6.45, 7) is 4.80. The number of pyridine rings is 1. The van der Waals surface area contributed by atoms with Crippen LogP contribution in [0.25, 0.3) is 0 Å². The largest absolute Gasteiger partial charge is 0.465 e. The first-order chi connectivity index (χ1) is 20.6. The van der Waals surface area contributed by atoms with Crippen molar-refractivity contribution in [1.82, 2.24) is 9.97 Å². The van der Waals surface area contributed by atoms with Gasteiger partial charge in [-0.2, -0.15) is 18.2 Å². The second-order valence-corrected chi connectivity index (χ2v) is 10.9. The second kappa shape index (κ2) is 13.0. The lowest BCUT2D eigenvalue weighted by Crippen LogP contribution is -2.37. The standard InChI is InChI=1S/C30H34F3N5O5/c1-19-5-4-12-38(17-19)29-36-26(30(31,32)33)25(43-29)27(39)35-22-8-9-24(34-16-22)37-13-10-23(11-14-37)42-18-20-6-3-7-21(15-20)28(40)41-2/h3,6-9,15-16,19,23H,4-5,10-14,17-18H2,1-2H3,(H,35,39). The summed E-state index contributed by atoms with van der Waals surface area (Å²) in [6, 6.07) is 10.2. The van der Waals surface area contributed by atoms with E-state index in [4.69, 9.17) is 13.9 Å². The summed E-state index contributed by atoms with van der Waals surface area (Å²) in [6.07, 6.45) is -0.0924.